The summed E-state index contributed by atoms with van der Waals surface area (Å²) in [4.78, 5) is 38.1. The molecule has 6 nitrogen and oxygen atoms in total. The van der Waals surface area contributed by atoms with Crippen LogP contribution in [0, 0.1) is 0 Å². The normalized spacial score (nSPS) is 12.5. The highest BCUT2D eigenvalue weighted by Gasteiger charge is 2.19. The maximum atomic E-state index is 12.8. The molecule has 0 aromatic carbocycles. The minimum absolute atomic E-state index is 0.0897. The summed E-state index contributed by atoms with van der Waals surface area (Å²) in [6.07, 6.45) is 79.4. The van der Waals surface area contributed by atoms with Crippen LogP contribution in [0.15, 0.2) is 72.9 Å². The van der Waals surface area contributed by atoms with Gasteiger partial charge in [0.15, 0.2) is 6.10 Å². The van der Waals surface area contributed by atoms with Gasteiger partial charge < -0.3 is 14.2 Å². The summed E-state index contributed by atoms with van der Waals surface area (Å²) in [6, 6.07) is 0. The van der Waals surface area contributed by atoms with Gasteiger partial charge in [-0.15, -0.1) is 0 Å². The SMILES string of the molecule is CC/C=C\C/C=C\C/C=C\C/C=C\C/C=C\C/C=C\CCCCC(=O)OC(COC(=O)CCCCCCCCCC)COC(=O)CCCCCCCCCCCCCCCCCCCCCCCCCCCC. The van der Waals surface area contributed by atoms with Crippen LogP contribution in [0.5, 0.6) is 0 Å². The number of hydrogen-bond acceptors (Lipinski definition) is 6. The number of unbranched alkanes of at least 4 members (excludes halogenated alkanes) is 34. The van der Waals surface area contributed by atoms with Crippen LogP contribution in [-0.2, 0) is 28.6 Å². The Balaban J connectivity index is 4.20. The molecule has 0 aliphatic carbocycles. The number of rotatable bonds is 57. The molecule has 0 N–H and O–H groups in total. The van der Waals surface area contributed by atoms with E-state index >= 15 is 0 Å². The Morgan fingerprint density at radius 1 is 0.288 bits per heavy atom. The van der Waals surface area contributed by atoms with E-state index in [0.717, 1.165) is 89.9 Å². The summed E-state index contributed by atoms with van der Waals surface area (Å²) in [5.41, 5.74) is 0. The minimum atomic E-state index is -0.795. The van der Waals surface area contributed by atoms with E-state index in [4.69, 9.17) is 14.2 Å². The van der Waals surface area contributed by atoms with Crippen LogP contribution in [0.4, 0.5) is 0 Å². The van der Waals surface area contributed by atoms with E-state index in [9.17, 15) is 14.4 Å². The van der Waals surface area contributed by atoms with Gasteiger partial charge in [-0.3, -0.25) is 14.4 Å². The van der Waals surface area contributed by atoms with E-state index in [2.05, 4.69) is 93.7 Å². The van der Waals surface area contributed by atoms with E-state index in [1.165, 1.54) is 180 Å². The van der Waals surface area contributed by atoms with Crippen molar-refractivity contribution >= 4 is 17.9 Å². The molecule has 0 aromatic rings. The maximum absolute atomic E-state index is 12.8. The first kappa shape index (κ1) is 69.8. The highest BCUT2D eigenvalue weighted by molar-refractivity contribution is 5.71. The molecule has 0 aromatic heterocycles. The lowest BCUT2D eigenvalue weighted by molar-refractivity contribution is -0.167. The Kier molecular flexibility index (Phi) is 58.7. The van der Waals surface area contributed by atoms with Crippen molar-refractivity contribution in [2.24, 2.45) is 0 Å². The number of hydrogen-bond donors (Lipinski definition) is 0. The fourth-order valence-corrected chi connectivity index (χ4v) is 9.04. The van der Waals surface area contributed by atoms with Crippen molar-refractivity contribution in [2.45, 2.75) is 322 Å². The Hall–Kier alpha value is -3.15. The lowest BCUT2D eigenvalue weighted by Gasteiger charge is -2.18. The monoisotopic (exact) mass is 1020 g/mol. The molecule has 0 bridgehead atoms. The molecule has 0 fully saturated rings. The predicted molar refractivity (Wildman–Crippen MR) is 316 cm³/mol. The average molecular weight is 1020 g/mol. The quantitative estimate of drug-likeness (QED) is 0.0261. The van der Waals surface area contributed by atoms with E-state index < -0.39 is 6.10 Å². The molecule has 0 heterocycles. The molecule has 6 heteroatoms. The molecule has 422 valence electrons. The van der Waals surface area contributed by atoms with Crippen LogP contribution in [0.1, 0.15) is 316 Å². The van der Waals surface area contributed by atoms with E-state index in [0.29, 0.717) is 19.3 Å². The van der Waals surface area contributed by atoms with Crippen molar-refractivity contribution in [2.75, 3.05) is 13.2 Å². The zero-order chi connectivity index (χ0) is 52.9. The van der Waals surface area contributed by atoms with Gasteiger partial charge >= 0.3 is 17.9 Å². The van der Waals surface area contributed by atoms with E-state index in [1.807, 2.05) is 0 Å². The van der Waals surface area contributed by atoms with Gasteiger partial charge in [0.2, 0.25) is 0 Å². The molecule has 0 saturated heterocycles. The van der Waals surface area contributed by atoms with Crippen LogP contribution >= 0.6 is 0 Å². The van der Waals surface area contributed by atoms with Gasteiger partial charge in [-0.1, -0.05) is 299 Å². The zero-order valence-corrected chi connectivity index (χ0v) is 48.4. The molecule has 0 radical (unpaired) electrons. The summed E-state index contributed by atoms with van der Waals surface area (Å²) in [7, 11) is 0. The standard InChI is InChI=1S/C67H118O6/c1-4-7-10-13-16-19-21-23-25-27-29-31-32-33-34-35-37-38-40-42-44-46-48-51-54-57-60-66(69)72-63-64(62-71-65(68)59-56-53-50-18-15-12-9-6-3)73-67(70)61-58-55-52-49-47-45-43-41-39-36-30-28-26-24-22-20-17-14-11-8-5-2/h8,11,17,20,24,26,30,36,41,43,47,49,64H,4-7,9-10,12-16,18-19,21-23,25,27-29,31-35,37-40,42,44-46,48,50-63H2,1-3H3/b11-8-,20-17-,26-24-,36-30-,43-41-,49-47-. The van der Waals surface area contributed by atoms with Crippen molar-refractivity contribution in [1.29, 1.82) is 0 Å². The van der Waals surface area contributed by atoms with E-state index in [-0.39, 0.29) is 37.5 Å². The molecule has 0 aliphatic heterocycles. The van der Waals surface area contributed by atoms with Gasteiger partial charge in [-0.25, -0.2) is 0 Å². The molecule has 1 unspecified atom stereocenters. The summed E-state index contributed by atoms with van der Waals surface area (Å²) < 4.78 is 16.8. The molecule has 1 atom stereocenters. The second-order valence-corrected chi connectivity index (χ2v) is 21.0. The number of allylic oxidation sites excluding steroid dienone is 12. The third-order valence-corrected chi connectivity index (χ3v) is 13.7. The number of carbonyl (C=O) groups is 3. The van der Waals surface area contributed by atoms with Gasteiger partial charge in [0, 0.05) is 19.3 Å². The molecule has 73 heavy (non-hydrogen) atoms. The van der Waals surface area contributed by atoms with Crippen molar-refractivity contribution in [3.05, 3.63) is 72.9 Å². The summed E-state index contributed by atoms with van der Waals surface area (Å²) >= 11 is 0. The molecule has 0 spiro atoms. The van der Waals surface area contributed by atoms with Crippen molar-refractivity contribution in [3.63, 3.8) is 0 Å². The lowest BCUT2D eigenvalue weighted by Crippen LogP contribution is -2.30. The van der Waals surface area contributed by atoms with Crippen molar-refractivity contribution in [1.82, 2.24) is 0 Å². The van der Waals surface area contributed by atoms with E-state index in [1.54, 1.807) is 0 Å². The van der Waals surface area contributed by atoms with Crippen molar-refractivity contribution < 1.29 is 28.6 Å². The molecule has 0 aliphatic rings. The fourth-order valence-electron chi connectivity index (χ4n) is 9.04. The number of esters is 3. The summed E-state index contributed by atoms with van der Waals surface area (Å²) in [5.74, 6) is -0.925. The minimum Gasteiger partial charge on any atom is -0.462 e. The Bertz CT molecular complexity index is 1360. The molecular formula is C67H118O6. The lowest BCUT2D eigenvalue weighted by atomic mass is 10.0. The first-order valence-corrected chi connectivity index (χ1v) is 31.4. The Morgan fingerprint density at radius 3 is 0.836 bits per heavy atom. The third-order valence-electron chi connectivity index (χ3n) is 13.7. The van der Waals surface area contributed by atoms with Gasteiger partial charge in [0.25, 0.3) is 0 Å². The second kappa shape index (κ2) is 61.4. The third kappa shape index (κ3) is 59.6. The smallest absolute Gasteiger partial charge is 0.306 e. The van der Waals surface area contributed by atoms with Crippen LogP contribution in [0.3, 0.4) is 0 Å². The van der Waals surface area contributed by atoms with Crippen LogP contribution in [0.25, 0.3) is 0 Å². The molecule has 0 saturated carbocycles. The number of ether oxygens (including phenoxy) is 3. The average Bonchev–Trinajstić information content (AvgIpc) is 3.39. The Morgan fingerprint density at radius 2 is 0.534 bits per heavy atom. The fraction of sp³-hybridized carbons (Fsp3) is 0.776. The molecular weight excluding hydrogens is 901 g/mol. The highest BCUT2D eigenvalue weighted by Crippen LogP contribution is 2.17. The Labute approximate surface area is 453 Å². The number of carbonyl (C=O) groups excluding carboxylic acids is 3. The van der Waals surface area contributed by atoms with Crippen molar-refractivity contribution in [3.8, 4) is 0 Å². The molecule has 0 amide bonds. The van der Waals surface area contributed by atoms with Crippen LogP contribution in [-0.4, -0.2) is 37.2 Å². The maximum Gasteiger partial charge on any atom is 0.306 e. The highest BCUT2D eigenvalue weighted by atomic mass is 16.6. The van der Waals surface area contributed by atoms with Gasteiger partial charge in [0.1, 0.15) is 13.2 Å². The predicted octanol–water partition coefficient (Wildman–Crippen LogP) is 21.3. The zero-order valence-electron chi connectivity index (χ0n) is 48.4. The first-order chi connectivity index (χ1) is 36.0. The van der Waals surface area contributed by atoms with Gasteiger partial charge in [0.05, 0.1) is 0 Å². The van der Waals surface area contributed by atoms with Gasteiger partial charge in [-0.05, 0) is 70.6 Å². The second-order valence-electron chi connectivity index (χ2n) is 21.0. The summed E-state index contributed by atoms with van der Waals surface area (Å²) in [6.45, 7) is 6.50. The first-order valence-electron chi connectivity index (χ1n) is 31.4. The largest absolute Gasteiger partial charge is 0.462 e. The van der Waals surface area contributed by atoms with Crippen LogP contribution in [0.2, 0.25) is 0 Å². The molecule has 0 rings (SSSR count). The van der Waals surface area contributed by atoms with Crippen LogP contribution < -0.4 is 0 Å². The van der Waals surface area contributed by atoms with Gasteiger partial charge in [-0.2, -0.15) is 0 Å². The summed E-state index contributed by atoms with van der Waals surface area (Å²) in [5, 5.41) is 0. The topological polar surface area (TPSA) is 78.9 Å².